The SMILES string of the molecule is CCCCC(CC)CNC(=NCc1nnc(C)n1C)NCCCOC. The summed E-state index contributed by atoms with van der Waals surface area (Å²) in [6.45, 7) is 9.50. The van der Waals surface area contributed by atoms with Gasteiger partial charge in [-0.05, 0) is 25.7 Å². The molecule has 2 N–H and O–H groups in total. The first-order valence-electron chi connectivity index (χ1n) is 9.48. The van der Waals surface area contributed by atoms with Gasteiger partial charge in [-0.3, -0.25) is 0 Å². The van der Waals surface area contributed by atoms with Crippen molar-refractivity contribution in [3.05, 3.63) is 11.6 Å². The first-order valence-corrected chi connectivity index (χ1v) is 9.48. The molecule has 1 aromatic heterocycles. The highest BCUT2D eigenvalue weighted by Crippen LogP contribution is 2.11. The molecule has 1 rings (SSSR count). The molecule has 1 aromatic rings. The predicted octanol–water partition coefficient (Wildman–Crippen LogP) is 2.41. The highest BCUT2D eigenvalue weighted by Gasteiger charge is 2.08. The molecule has 0 bridgehead atoms. The molecule has 0 radical (unpaired) electrons. The van der Waals surface area contributed by atoms with E-state index >= 15 is 0 Å². The van der Waals surface area contributed by atoms with Crippen LogP contribution in [-0.4, -0.2) is 47.5 Å². The van der Waals surface area contributed by atoms with Gasteiger partial charge in [-0.1, -0.05) is 33.1 Å². The molecule has 144 valence electrons. The highest BCUT2D eigenvalue weighted by molar-refractivity contribution is 5.79. The molecule has 0 aliphatic rings. The van der Waals surface area contributed by atoms with Gasteiger partial charge in [-0.2, -0.15) is 0 Å². The van der Waals surface area contributed by atoms with Gasteiger partial charge in [0, 0.05) is 33.9 Å². The van der Waals surface area contributed by atoms with Crippen LogP contribution in [-0.2, 0) is 18.3 Å². The number of methoxy groups -OCH3 is 1. The average molecular weight is 353 g/mol. The second-order valence-corrected chi connectivity index (χ2v) is 6.46. The number of unbranched alkanes of at least 4 members (excludes halogenated alkanes) is 1. The Morgan fingerprint density at radius 2 is 2.04 bits per heavy atom. The smallest absolute Gasteiger partial charge is 0.191 e. The fourth-order valence-electron chi connectivity index (χ4n) is 2.52. The zero-order valence-electron chi connectivity index (χ0n) is 16.6. The minimum atomic E-state index is 0.517. The Kier molecular flexibility index (Phi) is 10.9. The second-order valence-electron chi connectivity index (χ2n) is 6.46. The number of aryl methyl sites for hydroxylation is 1. The van der Waals surface area contributed by atoms with Crippen LogP contribution in [0.25, 0.3) is 0 Å². The minimum Gasteiger partial charge on any atom is -0.385 e. The molecule has 0 saturated carbocycles. The van der Waals surface area contributed by atoms with Crippen molar-refractivity contribution in [1.82, 2.24) is 25.4 Å². The van der Waals surface area contributed by atoms with Crippen molar-refractivity contribution in [1.29, 1.82) is 0 Å². The number of hydrogen-bond acceptors (Lipinski definition) is 4. The number of rotatable bonds is 12. The number of nitrogens with one attached hydrogen (secondary N) is 2. The third kappa shape index (κ3) is 8.34. The predicted molar refractivity (Wildman–Crippen MR) is 103 cm³/mol. The molecule has 1 unspecified atom stereocenters. The number of aromatic nitrogens is 3. The van der Waals surface area contributed by atoms with Gasteiger partial charge in [0.1, 0.15) is 12.4 Å². The fourth-order valence-corrected chi connectivity index (χ4v) is 2.52. The third-order valence-corrected chi connectivity index (χ3v) is 4.48. The monoisotopic (exact) mass is 352 g/mol. The van der Waals surface area contributed by atoms with Crippen LogP contribution in [0.15, 0.2) is 4.99 Å². The molecule has 7 nitrogen and oxygen atoms in total. The van der Waals surface area contributed by atoms with Crippen molar-refractivity contribution >= 4 is 5.96 Å². The number of ether oxygens (including phenoxy) is 1. The number of hydrogen-bond donors (Lipinski definition) is 2. The quantitative estimate of drug-likeness (QED) is 0.343. The number of aliphatic imine (C=N–C) groups is 1. The summed E-state index contributed by atoms with van der Waals surface area (Å²) in [4.78, 5) is 4.68. The molecule has 0 spiro atoms. The maximum Gasteiger partial charge on any atom is 0.191 e. The lowest BCUT2D eigenvalue weighted by atomic mass is 9.99. The first-order chi connectivity index (χ1) is 12.1. The Morgan fingerprint density at radius 1 is 1.24 bits per heavy atom. The summed E-state index contributed by atoms with van der Waals surface area (Å²) in [6, 6.07) is 0. The maximum atomic E-state index is 5.11. The molecule has 7 heteroatoms. The zero-order valence-corrected chi connectivity index (χ0v) is 16.6. The lowest BCUT2D eigenvalue weighted by Gasteiger charge is -2.18. The van der Waals surface area contributed by atoms with E-state index in [0.717, 1.165) is 43.7 Å². The summed E-state index contributed by atoms with van der Waals surface area (Å²) in [6.07, 6.45) is 5.93. The van der Waals surface area contributed by atoms with Crippen LogP contribution in [0.1, 0.15) is 57.6 Å². The third-order valence-electron chi connectivity index (χ3n) is 4.48. The van der Waals surface area contributed by atoms with Crippen LogP contribution in [0.4, 0.5) is 0 Å². The van der Waals surface area contributed by atoms with Crippen molar-refractivity contribution in [2.75, 3.05) is 26.8 Å². The lowest BCUT2D eigenvalue weighted by Crippen LogP contribution is -2.40. The minimum absolute atomic E-state index is 0.517. The molecule has 0 amide bonds. The summed E-state index contributed by atoms with van der Waals surface area (Å²) in [7, 11) is 3.69. The van der Waals surface area contributed by atoms with E-state index in [1.807, 2.05) is 18.5 Å². The van der Waals surface area contributed by atoms with Gasteiger partial charge in [0.25, 0.3) is 0 Å². The van der Waals surface area contributed by atoms with Crippen LogP contribution in [0.2, 0.25) is 0 Å². The van der Waals surface area contributed by atoms with E-state index in [1.165, 1.54) is 25.7 Å². The Labute approximate surface area is 152 Å². The molecule has 0 fully saturated rings. The molecular formula is C18H36N6O. The van der Waals surface area contributed by atoms with E-state index in [1.54, 1.807) is 7.11 Å². The van der Waals surface area contributed by atoms with Crippen LogP contribution < -0.4 is 10.6 Å². The van der Waals surface area contributed by atoms with E-state index in [4.69, 9.17) is 4.74 Å². The zero-order chi connectivity index (χ0) is 18.5. The highest BCUT2D eigenvalue weighted by atomic mass is 16.5. The summed E-state index contributed by atoms with van der Waals surface area (Å²) in [5.41, 5.74) is 0. The summed E-state index contributed by atoms with van der Waals surface area (Å²) in [5.74, 6) is 3.29. The molecule has 1 atom stereocenters. The molecule has 25 heavy (non-hydrogen) atoms. The van der Waals surface area contributed by atoms with Gasteiger partial charge < -0.3 is 19.9 Å². The van der Waals surface area contributed by atoms with Crippen LogP contribution >= 0.6 is 0 Å². The Bertz CT molecular complexity index is 500. The van der Waals surface area contributed by atoms with Crippen molar-refractivity contribution in [3.63, 3.8) is 0 Å². The topological polar surface area (TPSA) is 76.4 Å². The van der Waals surface area contributed by atoms with Crippen LogP contribution in [0.3, 0.4) is 0 Å². The summed E-state index contributed by atoms with van der Waals surface area (Å²) in [5, 5.41) is 15.1. The molecule has 1 heterocycles. The van der Waals surface area contributed by atoms with Gasteiger partial charge in [-0.25, -0.2) is 4.99 Å². The molecule has 0 aromatic carbocycles. The summed E-state index contributed by atoms with van der Waals surface area (Å²) < 4.78 is 7.08. The molecule has 0 aliphatic carbocycles. The van der Waals surface area contributed by atoms with Crippen molar-refractivity contribution in [2.45, 2.75) is 59.4 Å². The van der Waals surface area contributed by atoms with Gasteiger partial charge in [0.05, 0.1) is 0 Å². The van der Waals surface area contributed by atoms with E-state index in [9.17, 15) is 0 Å². The van der Waals surface area contributed by atoms with Gasteiger partial charge >= 0.3 is 0 Å². The first kappa shape index (κ1) is 21.4. The second kappa shape index (κ2) is 12.7. The van der Waals surface area contributed by atoms with E-state index in [-0.39, 0.29) is 0 Å². The lowest BCUT2D eigenvalue weighted by molar-refractivity contribution is 0.195. The Balaban J connectivity index is 2.60. The standard InChI is InChI=1S/C18H36N6O/c1-6-8-10-16(7-2)13-20-18(19-11-9-12-25-5)21-14-17-23-22-15(3)24(17)4/h16H,6-14H2,1-5H3,(H2,19,20,21). The van der Waals surface area contributed by atoms with E-state index in [2.05, 4.69) is 39.7 Å². The molecule has 0 saturated heterocycles. The van der Waals surface area contributed by atoms with Crippen LogP contribution in [0.5, 0.6) is 0 Å². The van der Waals surface area contributed by atoms with Gasteiger partial charge in [-0.15, -0.1) is 10.2 Å². The van der Waals surface area contributed by atoms with Crippen molar-refractivity contribution in [3.8, 4) is 0 Å². The Morgan fingerprint density at radius 3 is 2.64 bits per heavy atom. The molecule has 0 aliphatic heterocycles. The largest absolute Gasteiger partial charge is 0.385 e. The van der Waals surface area contributed by atoms with Crippen molar-refractivity contribution < 1.29 is 4.74 Å². The van der Waals surface area contributed by atoms with Gasteiger partial charge in [0.2, 0.25) is 0 Å². The van der Waals surface area contributed by atoms with E-state index in [0.29, 0.717) is 12.5 Å². The van der Waals surface area contributed by atoms with E-state index < -0.39 is 0 Å². The maximum absolute atomic E-state index is 5.11. The summed E-state index contributed by atoms with van der Waals surface area (Å²) >= 11 is 0. The molecular weight excluding hydrogens is 316 g/mol. The fraction of sp³-hybridized carbons (Fsp3) is 0.833. The van der Waals surface area contributed by atoms with Crippen LogP contribution in [0, 0.1) is 12.8 Å². The number of guanidine groups is 1. The Hall–Kier alpha value is -1.63. The number of nitrogens with zero attached hydrogens (tertiary/aromatic N) is 4. The van der Waals surface area contributed by atoms with Crippen molar-refractivity contribution in [2.24, 2.45) is 18.0 Å². The average Bonchev–Trinajstić information content (AvgIpc) is 2.94. The van der Waals surface area contributed by atoms with Gasteiger partial charge in [0.15, 0.2) is 11.8 Å². The normalized spacial score (nSPS) is 13.1.